The van der Waals surface area contributed by atoms with Gasteiger partial charge >= 0.3 is 0 Å². The van der Waals surface area contributed by atoms with Crippen LogP contribution >= 0.6 is 93.2 Å². The summed E-state index contributed by atoms with van der Waals surface area (Å²) in [5, 5.41) is 35.5. The van der Waals surface area contributed by atoms with E-state index in [4.69, 9.17) is 21.0 Å². The summed E-state index contributed by atoms with van der Waals surface area (Å²) in [6.07, 6.45) is 4.32. The Morgan fingerprint density at radius 2 is 1.09 bits per heavy atom. The Balaban J connectivity index is 0.000000227. The monoisotopic (exact) mass is 640 g/mol. The molecule has 1 aromatic carbocycles. The van der Waals surface area contributed by atoms with Gasteiger partial charge in [0.25, 0.3) is 0 Å². The predicted molar refractivity (Wildman–Crippen MR) is 153 cm³/mol. The summed E-state index contributed by atoms with van der Waals surface area (Å²) in [7, 11) is 0. The lowest BCUT2D eigenvalue weighted by Gasteiger charge is -2.00. The molecule has 2 heterocycles. The maximum Gasteiger partial charge on any atom is 0.136 e. The van der Waals surface area contributed by atoms with Crippen molar-refractivity contribution < 1.29 is 0 Å². The fourth-order valence-electron chi connectivity index (χ4n) is 2.15. The van der Waals surface area contributed by atoms with Crippen molar-refractivity contribution in [1.29, 1.82) is 21.0 Å². The van der Waals surface area contributed by atoms with Crippen molar-refractivity contribution in [3.63, 3.8) is 0 Å². The Morgan fingerprint density at radius 3 is 1.38 bits per heavy atom. The van der Waals surface area contributed by atoms with Crippen molar-refractivity contribution in [1.82, 2.24) is 0 Å². The maximum atomic E-state index is 8.63. The third-order valence-electron chi connectivity index (χ3n) is 3.69. The first-order valence-electron chi connectivity index (χ1n) is 8.51. The summed E-state index contributed by atoms with van der Waals surface area (Å²) in [4.78, 5) is 1.44. The molecule has 0 N–H and O–H groups in total. The van der Waals surface area contributed by atoms with Gasteiger partial charge in [-0.1, -0.05) is 71.3 Å². The standard InChI is InChI=1S/C12H4N4.C9H9IS6/c13-5-11(6-14)9-1-2-10(4-3-9)12(7-15)8-16;1-4-5(10)14-8(13-4)9-15-6(11-2)7(12-3)16-9/h1-4H;1-3H3. The van der Waals surface area contributed by atoms with Crippen LogP contribution in [0.3, 0.4) is 0 Å². The molecule has 0 bridgehead atoms. The molecule has 0 saturated heterocycles. The highest BCUT2D eigenvalue weighted by Gasteiger charge is 2.27. The van der Waals surface area contributed by atoms with Crippen molar-refractivity contribution in [2.45, 2.75) is 6.92 Å². The van der Waals surface area contributed by atoms with Crippen LogP contribution in [-0.2, 0) is 0 Å². The van der Waals surface area contributed by atoms with Gasteiger partial charge in [-0.3, -0.25) is 0 Å². The number of hydrogen-bond donors (Lipinski definition) is 0. The first-order valence-corrected chi connectivity index (χ1v) is 15.3. The number of thioether (sulfide) groups is 6. The van der Waals surface area contributed by atoms with E-state index in [2.05, 4.69) is 42.0 Å². The fourth-order valence-corrected chi connectivity index (χ4v) is 11.1. The summed E-state index contributed by atoms with van der Waals surface area (Å²) >= 11 is 13.9. The van der Waals surface area contributed by atoms with Gasteiger partial charge < -0.3 is 0 Å². The van der Waals surface area contributed by atoms with Gasteiger partial charge in [-0.05, 0) is 42.0 Å². The molecule has 11 heteroatoms. The molecule has 2 aliphatic rings. The van der Waals surface area contributed by atoms with Crippen molar-refractivity contribution >= 4 is 104 Å². The van der Waals surface area contributed by atoms with Crippen LogP contribution in [0.2, 0.25) is 0 Å². The van der Waals surface area contributed by atoms with E-state index in [9.17, 15) is 0 Å². The van der Waals surface area contributed by atoms with E-state index in [1.54, 1.807) is 24.3 Å². The van der Waals surface area contributed by atoms with Gasteiger partial charge in [0.05, 0.1) is 19.9 Å². The van der Waals surface area contributed by atoms with E-state index in [0.717, 1.165) is 0 Å². The van der Waals surface area contributed by atoms with Gasteiger partial charge in [-0.15, -0.1) is 23.5 Å². The number of rotatable bonds is 2. The average molecular weight is 641 g/mol. The number of allylic oxidation sites excluding steroid dienone is 1. The number of hydrogen-bond acceptors (Lipinski definition) is 10. The van der Waals surface area contributed by atoms with Crippen LogP contribution in [0.1, 0.15) is 6.92 Å². The minimum atomic E-state index is 0.00187. The maximum absolute atomic E-state index is 8.63. The van der Waals surface area contributed by atoms with E-state index in [1.807, 2.05) is 70.6 Å². The molecule has 0 fully saturated rings. The fraction of sp³-hybridized carbons (Fsp3) is 0.143. The quantitative estimate of drug-likeness (QED) is 0.328. The second kappa shape index (κ2) is 13.6. The van der Waals surface area contributed by atoms with Crippen LogP contribution in [0, 0.1) is 45.3 Å². The molecule has 0 amide bonds. The summed E-state index contributed by atoms with van der Waals surface area (Å²) in [5.41, 5.74) is 0.00373. The molecule has 0 saturated carbocycles. The molecule has 1 aromatic rings. The minimum absolute atomic E-state index is 0.00187. The number of halogens is 1. The Morgan fingerprint density at radius 1 is 0.719 bits per heavy atom. The second-order valence-electron chi connectivity index (χ2n) is 5.57. The molecule has 2 aliphatic heterocycles. The highest BCUT2D eigenvalue weighted by atomic mass is 127. The molecule has 0 unspecified atom stereocenters. The van der Waals surface area contributed by atoms with Crippen LogP contribution in [0.15, 0.2) is 49.0 Å². The second-order valence-corrected chi connectivity index (χ2v) is 14.3. The van der Waals surface area contributed by atoms with E-state index < -0.39 is 0 Å². The van der Waals surface area contributed by atoms with Crippen molar-refractivity contribution in [3.05, 3.63) is 59.5 Å². The zero-order chi connectivity index (χ0) is 23.7. The molecule has 0 aliphatic carbocycles. The molecule has 3 rings (SSSR count). The van der Waals surface area contributed by atoms with Gasteiger partial charge in [0.2, 0.25) is 0 Å². The van der Waals surface area contributed by atoms with Crippen LogP contribution in [0.25, 0.3) is 11.1 Å². The van der Waals surface area contributed by atoms with Gasteiger partial charge in [-0.2, -0.15) is 21.0 Å². The Hall–Kier alpha value is -1.03. The lowest BCUT2D eigenvalue weighted by Crippen LogP contribution is -2.11. The zero-order valence-electron chi connectivity index (χ0n) is 16.9. The molecule has 32 heavy (non-hydrogen) atoms. The lowest BCUT2D eigenvalue weighted by atomic mass is 10.1. The molecular weight excluding hydrogens is 628 g/mol. The van der Waals surface area contributed by atoms with Crippen LogP contribution in [-0.4, -0.2) is 12.5 Å². The molecule has 0 atom stereocenters. The van der Waals surface area contributed by atoms with Crippen LogP contribution in [0.4, 0.5) is 0 Å². The Labute approximate surface area is 226 Å². The van der Waals surface area contributed by atoms with Crippen LogP contribution in [0.5, 0.6) is 0 Å². The zero-order valence-corrected chi connectivity index (χ0v) is 24.0. The third kappa shape index (κ3) is 6.98. The Bertz CT molecular complexity index is 1160. The summed E-state index contributed by atoms with van der Waals surface area (Å²) in [6, 6.07) is 13.2. The highest BCUT2D eigenvalue weighted by molar-refractivity contribution is 14.1. The van der Waals surface area contributed by atoms with Crippen LogP contribution < -0.4 is 10.4 Å². The van der Waals surface area contributed by atoms with E-state index in [-0.39, 0.29) is 11.1 Å². The molecule has 0 aromatic heterocycles. The predicted octanol–water partition coefficient (Wildman–Crippen LogP) is 6.63. The summed E-state index contributed by atoms with van der Waals surface area (Å²) in [5.74, 6) is 0. The first kappa shape index (κ1) is 27.2. The molecule has 0 radical (unpaired) electrons. The summed E-state index contributed by atoms with van der Waals surface area (Å²) < 4.78 is 7.28. The normalized spacial score (nSPS) is 14.8. The van der Waals surface area contributed by atoms with Gasteiger partial charge in [0.15, 0.2) is 0 Å². The molecular formula is C21H13IN4S6. The highest BCUT2D eigenvalue weighted by Crippen LogP contribution is 2.63. The molecule has 4 nitrogen and oxygen atoms in total. The number of nitriles is 4. The lowest BCUT2D eigenvalue weighted by molar-refractivity contribution is 1.46. The third-order valence-corrected chi connectivity index (χ3v) is 13.7. The van der Waals surface area contributed by atoms with E-state index in [0.29, 0.717) is 10.4 Å². The summed E-state index contributed by atoms with van der Waals surface area (Å²) in [6.45, 7) is 2.20. The smallest absolute Gasteiger partial charge is 0.136 e. The first-order chi connectivity index (χ1) is 15.4. The largest absolute Gasteiger partial charge is 0.192 e. The SMILES string of the molecule is CSC1=C(SC)SC(=C2SC(C)=C(I)S2)S1.N#CC(C#N)=c1ccc(=C(C#N)C#N)cc1. The average Bonchev–Trinajstić information content (AvgIpc) is 3.39. The Kier molecular flexibility index (Phi) is 11.6. The van der Waals surface area contributed by atoms with Crippen molar-refractivity contribution in [3.8, 4) is 24.3 Å². The van der Waals surface area contributed by atoms with E-state index >= 15 is 0 Å². The number of benzene rings is 1. The van der Waals surface area contributed by atoms with Gasteiger partial charge in [-0.25, -0.2) is 0 Å². The topological polar surface area (TPSA) is 95.2 Å². The van der Waals surface area contributed by atoms with Crippen molar-refractivity contribution in [2.75, 3.05) is 12.5 Å². The molecule has 0 spiro atoms. The van der Waals surface area contributed by atoms with E-state index in [1.165, 1.54) is 49.0 Å². The van der Waals surface area contributed by atoms with Crippen molar-refractivity contribution in [2.24, 2.45) is 0 Å². The molecule has 160 valence electrons. The van der Waals surface area contributed by atoms with Gasteiger partial charge in [0.1, 0.15) is 35.4 Å². The van der Waals surface area contributed by atoms with Gasteiger partial charge in [0, 0.05) is 15.3 Å². The number of nitrogens with zero attached hydrogens (tertiary/aromatic N) is 4. The minimum Gasteiger partial charge on any atom is -0.192 e.